The molecule has 23 heavy (non-hydrogen) atoms. The van der Waals surface area contributed by atoms with Gasteiger partial charge in [0.1, 0.15) is 24.3 Å². The van der Waals surface area contributed by atoms with E-state index in [2.05, 4.69) is 0 Å². The molecule has 0 aromatic heterocycles. The molecule has 1 fully saturated rings. The number of hydrogen-bond acceptors (Lipinski definition) is 3. The van der Waals surface area contributed by atoms with E-state index in [1.165, 1.54) is 12.1 Å². The summed E-state index contributed by atoms with van der Waals surface area (Å²) in [5.74, 6) is 0.459. The molecule has 0 bridgehead atoms. The summed E-state index contributed by atoms with van der Waals surface area (Å²) >= 11 is 0. The second kappa shape index (κ2) is 6.79. The lowest BCUT2D eigenvalue weighted by molar-refractivity contribution is -0.150. The summed E-state index contributed by atoms with van der Waals surface area (Å²) < 4.78 is 23.7. The van der Waals surface area contributed by atoms with Gasteiger partial charge in [0.05, 0.1) is 13.7 Å². The quantitative estimate of drug-likeness (QED) is 0.871. The fourth-order valence-corrected chi connectivity index (χ4v) is 2.60. The highest BCUT2D eigenvalue weighted by Crippen LogP contribution is 2.24. The largest absolute Gasteiger partial charge is 0.497 e. The number of hydrogen-bond donors (Lipinski definition) is 0. The number of rotatable bonds is 4. The molecule has 0 saturated carbocycles. The Balaban J connectivity index is 1.70. The van der Waals surface area contributed by atoms with E-state index in [9.17, 15) is 9.18 Å². The Morgan fingerprint density at radius 3 is 2.52 bits per heavy atom. The van der Waals surface area contributed by atoms with Crippen LogP contribution in [0.2, 0.25) is 0 Å². The Hall–Kier alpha value is -2.40. The van der Waals surface area contributed by atoms with Crippen LogP contribution in [0.25, 0.3) is 0 Å². The van der Waals surface area contributed by atoms with E-state index in [0.29, 0.717) is 13.1 Å². The monoisotopic (exact) mass is 315 g/mol. The molecule has 1 heterocycles. The van der Waals surface area contributed by atoms with Crippen molar-refractivity contribution in [3.05, 3.63) is 65.5 Å². The number of benzene rings is 2. The molecule has 5 heteroatoms. The molecule has 0 N–H and O–H groups in total. The molecule has 1 atom stereocenters. The van der Waals surface area contributed by atoms with Crippen LogP contribution < -0.4 is 4.74 Å². The molecule has 0 aliphatic carbocycles. The Morgan fingerprint density at radius 1 is 1.17 bits per heavy atom. The van der Waals surface area contributed by atoms with Crippen molar-refractivity contribution in [3.63, 3.8) is 0 Å². The summed E-state index contributed by atoms with van der Waals surface area (Å²) in [6, 6.07) is 13.8. The first-order valence-electron chi connectivity index (χ1n) is 7.43. The smallest absolute Gasteiger partial charge is 0.249 e. The van der Waals surface area contributed by atoms with Crippen molar-refractivity contribution >= 4 is 5.91 Å². The predicted octanol–water partition coefficient (Wildman–Crippen LogP) is 2.93. The minimum Gasteiger partial charge on any atom is -0.497 e. The molecule has 3 rings (SSSR count). The Labute approximate surface area is 134 Å². The van der Waals surface area contributed by atoms with Gasteiger partial charge in [-0.05, 0) is 35.4 Å². The van der Waals surface area contributed by atoms with E-state index < -0.39 is 0 Å². The van der Waals surface area contributed by atoms with Gasteiger partial charge in [-0.3, -0.25) is 4.79 Å². The Bertz CT molecular complexity index is 670. The first kappa shape index (κ1) is 15.5. The highest BCUT2D eigenvalue weighted by atomic mass is 19.1. The maximum Gasteiger partial charge on any atom is 0.249 e. The average Bonchev–Trinajstić information content (AvgIpc) is 2.58. The molecular weight excluding hydrogens is 297 g/mol. The number of morpholine rings is 1. The second-order valence-electron chi connectivity index (χ2n) is 5.47. The number of methoxy groups -OCH3 is 1. The molecule has 1 amide bonds. The van der Waals surface area contributed by atoms with E-state index in [1.54, 1.807) is 24.1 Å². The van der Waals surface area contributed by atoms with Crippen molar-refractivity contribution in [2.45, 2.75) is 12.6 Å². The molecule has 0 radical (unpaired) electrons. The number of nitrogens with zero attached hydrogens (tertiary/aromatic N) is 1. The zero-order valence-corrected chi connectivity index (χ0v) is 12.9. The van der Waals surface area contributed by atoms with Crippen molar-refractivity contribution < 1.29 is 18.7 Å². The fourth-order valence-electron chi connectivity index (χ4n) is 2.60. The van der Waals surface area contributed by atoms with E-state index in [0.717, 1.165) is 16.9 Å². The van der Waals surface area contributed by atoms with Crippen molar-refractivity contribution in [2.75, 3.05) is 20.3 Å². The molecule has 2 aromatic rings. The maximum atomic E-state index is 13.0. The number of ether oxygens (including phenoxy) is 2. The van der Waals surface area contributed by atoms with Gasteiger partial charge >= 0.3 is 0 Å². The predicted molar refractivity (Wildman–Crippen MR) is 83.5 cm³/mol. The molecule has 2 aromatic carbocycles. The van der Waals surface area contributed by atoms with Crippen LogP contribution in [0.3, 0.4) is 0 Å². The molecule has 1 saturated heterocycles. The topological polar surface area (TPSA) is 38.8 Å². The summed E-state index contributed by atoms with van der Waals surface area (Å²) in [5.41, 5.74) is 1.90. The Kier molecular flexibility index (Phi) is 4.57. The van der Waals surface area contributed by atoms with Crippen LogP contribution in [0.5, 0.6) is 5.75 Å². The third kappa shape index (κ3) is 3.68. The SMILES string of the molecule is COc1ccc(CN2C[C@H](c3ccc(F)cc3)OCC2=O)cc1. The van der Waals surface area contributed by atoms with Gasteiger partial charge in [-0.25, -0.2) is 4.39 Å². The van der Waals surface area contributed by atoms with Gasteiger partial charge in [-0.2, -0.15) is 0 Å². The summed E-state index contributed by atoms with van der Waals surface area (Å²) in [6.45, 7) is 1.01. The number of amides is 1. The van der Waals surface area contributed by atoms with Gasteiger partial charge in [0.25, 0.3) is 0 Å². The molecular formula is C18H18FNO3. The minimum atomic E-state index is -0.282. The number of carbonyl (C=O) groups excluding carboxylic acids is 1. The van der Waals surface area contributed by atoms with E-state index in [-0.39, 0.29) is 24.4 Å². The lowest BCUT2D eigenvalue weighted by atomic mass is 10.1. The minimum absolute atomic E-state index is 0.0399. The van der Waals surface area contributed by atoms with Crippen LogP contribution in [0, 0.1) is 5.82 Å². The summed E-state index contributed by atoms with van der Waals surface area (Å²) in [7, 11) is 1.62. The van der Waals surface area contributed by atoms with Gasteiger partial charge in [0.2, 0.25) is 5.91 Å². The highest BCUT2D eigenvalue weighted by molar-refractivity contribution is 5.78. The molecule has 1 aliphatic heterocycles. The average molecular weight is 315 g/mol. The van der Waals surface area contributed by atoms with E-state index in [1.807, 2.05) is 24.3 Å². The number of carbonyl (C=O) groups is 1. The lowest BCUT2D eigenvalue weighted by Crippen LogP contribution is -2.42. The van der Waals surface area contributed by atoms with Crippen molar-refractivity contribution in [3.8, 4) is 5.75 Å². The standard InChI is InChI=1S/C18H18FNO3/c1-22-16-8-2-13(3-9-16)10-20-11-17(23-12-18(20)21)14-4-6-15(19)7-5-14/h2-9,17H,10-12H2,1H3/t17-/m1/s1. The molecule has 4 nitrogen and oxygen atoms in total. The van der Waals surface area contributed by atoms with Gasteiger partial charge in [-0.15, -0.1) is 0 Å². The first-order valence-corrected chi connectivity index (χ1v) is 7.43. The maximum absolute atomic E-state index is 13.0. The normalized spacial score (nSPS) is 18.1. The summed E-state index contributed by atoms with van der Waals surface area (Å²) in [4.78, 5) is 13.8. The van der Waals surface area contributed by atoms with Gasteiger partial charge in [0.15, 0.2) is 0 Å². The van der Waals surface area contributed by atoms with Crippen LogP contribution in [0.4, 0.5) is 4.39 Å². The third-order valence-electron chi connectivity index (χ3n) is 3.92. The van der Waals surface area contributed by atoms with Crippen molar-refractivity contribution in [1.82, 2.24) is 4.90 Å². The van der Waals surface area contributed by atoms with Crippen molar-refractivity contribution in [2.24, 2.45) is 0 Å². The second-order valence-corrected chi connectivity index (χ2v) is 5.47. The summed E-state index contributed by atoms with van der Waals surface area (Å²) in [5, 5.41) is 0. The molecule has 1 aliphatic rings. The van der Waals surface area contributed by atoms with Gasteiger partial charge < -0.3 is 14.4 Å². The van der Waals surface area contributed by atoms with Crippen molar-refractivity contribution in [1.29, 1.82) is 0 Å². The zero-order chi connectivity index (χ0) is 16.2. The van der Waals surface area contributed by atoms with Crippen LogP contribution in [-0.2, 0) is 16.1 Å². The van der Waals surface area contributed by atoms with E-state index >= 15 is 0 Å². The van der Waals surface area contributed by atoms with Crippen LogP contribution >= 0.6 is 0 Å². The Morgan fingerprint density at radius 2 is 1.87 bits per heavy atom. The first-order chi connectivity index (χ1) is 11.2. The third-order valence-corrected chi connectivity index (χ3v) is 3.92. The van der Waals surface area contributed by atoms with E-state index in [4.69, 9.17) is 9.47 Å². The summed E-state index contributed by atoms with van der Waals surface area (Å²) in [6.07, 6.45) is -0.230. The molecule has 0 unspecified atom stereocenters. The lowest BCUT2D eigenvalue weighted by Gasteiger charge is -2.33. The van der Waals surface area contributed by atoms with Crippen LogP contribution in [0.1, 0.15) is 17.2 Å². The fraction of sp³-hybridized carbons (Fsp3) is 0.278. The molecule has 0 spiro atoms. The zero-order valence-electron chi connectivity index (χ0n) is 12.9. The number of halogens is 1. The molecule has 120 valence electrons. The van der Waals surface area contributed by atoms with Gasteiger partial charge in [0, 0.05) is 6.54 Å². The van der Waals surface area contributed by atoms with Crippen LogP contribution in [-0.4, -0.2) is 31.1 Å². The highest BCUT2D eigenvalue weighted by Gasteiger charge is 2.27. The van der Waals surface area contributed by atoms with Gasteiger partial charge in [-0.1, -0.05) is 24.3 Å². The van der Waals surface area contributed by atoms with Crippen LogP contribution in [0.15, 0.2) is 48.5 Å².